The molecule has 0 amide bonds. The molecule has 0 aliphatic heterocycles. The maximum Gasteiger partial charge on any atom is 0.276 e. The zero-order chi connectivity index (χ0) is 13.7. The van der Waals surface area contributed by atoms with Crippen molar-refractivity contribution in [3.8, 4) is 0 Å². The summed E-state index contributed by atoms with van der Waals surface area (Å²) in [5.74, 6) is 1.87. The summed E-state index contributed by atoms with van der Waals surface area (Å²) in [6, 6.07) is 10.0. The molecule has 1 aromatic carbocycles. The molecular weight excluding hydrogens is 258 g/mol. The Morgan fingerprint density at radius 3 is 2.63 bits per heavy atom. The summed E-state index contributed by atoms with van der Waals surface area (Å²) in [7, 11) is 0. The number of nitrogens with two attached hydrogens (primary N) is 1. The van der Waals surface area contributed by atoms with Gasteiger partial charge in [-0.25, -0.2) is 0 Å². The zero-order valence-corrected chi connectivity index (χ0v) is 12.1. The molecule has 0 fully saturated rings. The summed E-state index contributed by atoms with van der Waals surface area (Å²) < 4.78 is 5.58. The van der Waals surface area contributed by atoms with Crippen LogP contribution in [0.2, 0.25) is 0 Å². The van der Waals surface area contributed by atoms with Gasteiger partial charge in [0.25, 0.3) is 5.22 Å². The summed E-state index contributed by atoms with van der Waals surface area (Å²) in [6.07, 6.45) is 0.852. The first-order chi connectivity index (χ1) is 9.15. The minimum atomic E-state index is -0.168. The number of rotatable bonds is 6. The van der Waals surface area contributed by atoms with E-state index >= 15 is 0 Å². The molecule has 5 heteroatoms. The Balaban J connectivity index is 1.90. The van der Waals surface area contributed by atoms with Crippen molar-refractivity contribution >= 4 is 11.8 Å². The van der Waals surface area contributed by atoms with E-state index in [-0.39, 0.29) is 6.04 Å². The lowest BCUT2D eigenvalue weighted by atomic mass is 10.1. The SMILES string of the molecule is CC(C)C[C@H](N)c1nnc(SCc2ccccc2)o1. The summed E-state index contributed by atoms with van der Waals surface area (Å²) in [6.45, 7) is 4.25. The Labute approximate surface area is 117 Å². The number of aromatic nitrogens is 2. The fourth-order valence-corrected chi connectivity index (χ4v) is 2.48. The van der Waals surface area contributed by atoms with Gasteiger partial charge in [-0.05, 0) is 17.9 Å². The second-order valence-corrected chi connectivity index (χ2v) is 5.84. The summed E-state index contributed by atoms with van der Waals surface area (Å²) in [4.78, 5) is 0. The predicted octanol–water partition coefficient (Wildman–Crippen LogP) is 3.41. The first-order valence-corrected chi connectivity index (χ1v) is 7.39. The first-order valence-electron chi connectivity index (χ1n) is 6.41. The number of hydrogen-bond acceptors (Lipinski definition) is 5. The molecule has 1 aromatic heterocycles. The monoisotopic (exact) mass is 277 g/mol. The van der Waals surface area contributed by atoms with Crippen molar-refractivity contribution in [3.05, 3.63) is 41.8 Å². The Morgan fingerprint density at radius 2 is 1.95 bits per heavy atom. The van der Waals surface area contributed by atoms with Gasteiger partial charge in [-0.2, -0.15) is 0 Å². The van der Waals surface area contributed by atoms with E-state index in [0.717, 1.165) is 12.2 Å². The van der Waals surface area contributed by atoms with Crippen LogP contribution in [0.4, 0.5) is 0 Å². The van der Waals surface area contributed by atoms with Crippen molar-refractivity contribution in [3.63, 3.8) is 0 Å². The number of hydrogen-bond donors (Lipinski definition) is 1. The molecule has 0 aliphatic carbocycles. The second-order valence-electron chi connectivity index (χ2n) is 4.92. The lowest BCUT2D eigenvalue weighted by Gasteiger charge is -2.08. The third-order valence-electron chi connectivity index (χ3n) is 2.67. The minimum Gasteiger partial charge on any atom is -0.414 e. The highest BCUT2D eigenvalue weighted by Gasteiger charge is 2.15. The van der Waals surface area contributed by atoms with Gasteiger partial charge in [-0.1, -0.05) is 55.9 Å². The number of nitrogens with zero attached hydrogens (tertiary/aromatic N) is 2. The Kier molecular flexibility index (Phi) is 4.99. The van der Waals surface area contributed by atoms with Crippen molar-refractivity contribution in [2.24, 2.45) is 11.7 Å². The summed E-state index contributed by atoms with van der Waals surface area (Å²) >= 11 is 1.53. The van der Waals surface area contributed by atoms with Gasteiger partial charge in [-0.3, -0.25) is 0 Å². The molecule has 2 N–H and O–H groups in total. The van der Waals surface area contributed by atoms with Crippen LogP contribution in [-0.4, -0.2) is 10.2 Å². The van der Waals surface area contributed by atoms with Crippen LogP contribution in [0.5, 0.6) is 0 Å². The molecule has 4 nitrogen and oxygen atoms in total. The fourth-order valence-electron chi connectivity index (χ4n) is 1.76. The maximum absolute atomic E-state index is 6.01. The van der Waals surface area contributed by atoms with Crippen molar-refractivity contribution in [1.29, 1.82) is 0 Å². The van der Waals surface area contributed by atoms with E-state index in [1.165, 1.54) is 17.3 Å². The molecule has 0 saturated heterocycles. The van der Waals surface area contributed by atoms with Crippen LogP contribution < -0.4 is 5.73 Å². The smallest absolute Gasteiger partial charge is 0.276 e. The molecule has 102 valence electrons. The van der Waals surface area contributed by atoms with Crippen molar-refractivity contribution in [2.45, 2.75) is 37.3 Å². The third-order valence-corrected chi connectivity index (χ3v) is 3.56. The third kappa shape index (κ3) is 4.36. The van der Waals surface area contributed by atoms with E-state index < -0.39 is 0 Å². The van der Waals surface area contributed by atoms with Gasteiger partial charge in [0, 0.05) is 5.75 Å². The molecule has 19 heavy (non-hydrogen) atoms. The van der Waals surface area contributed by atoms with Gasteiger partial charge in [-0.15, -0.1) is 10.2 Å². The highest BCUT2D eigenvalue weighted by atomic mass is 32.2. The number of thioether (sulfide) groups is 1. The quantitative estimate of drug-likeness (QED) is 0.820. The molecular formula is C14H19N3OS. The van der Waals surface area contributed by atoms with Crippen molar-refractivity contribution in [2.75, 3.05) is 0 Å². The van der Waals surface area contributed by atoms with E-state index in [2.05, 4.69) is 36.2 Å². The fraction of sp³-hybridized carbons (Fsp3) is 0.429. The topological polar surface area (TPSA) is 64.9 Å². The molecule has 2 rings (SSSR count). The van der Waals surface area contributed by atoms with Crippen LogP contribution >= 0.6 is 11.8 Å². The molecule has 0 spiro atoms. The Bertz CT molecular complexity index is 498. The minimum absolute atomic E-state index is 0.168. The predicted molar refractivity (Wildman–Crippen MR) is 76.7 cm³/mol. The molecule has 0 saturated carbocycles. The van der Waals surface area contributed by atoms with E-state index in [9.17, 15) is 0 Å². The molecule has 1 atom stereocenters. The van der Waals surface area contributed by atoms with E-state index in [0.29, 0.717) is 17.0 Å². The van der Waals surface area contributed by atoms with Gasteiger partial charge >= 0.3 is 0 Å². The van der Waals surface area contributed by atoms with Crippen LogP contribution in [0, 0.1) is 5.92 Å². The summed E-state index contributed by atoms with van der Waals surface area (Å²) in [5, 5.41) is 8.63. The molecule has 0 bridgehead atoms. The van der Waals surface area contributed by atoms with Gasteiger partial charge in [0.2, 0.25) is 5.89 Å². The molecule has 0 radical (unpaired) electrons. The lowest BCUT2D eigenvalue weighted by Crippen LogP contribution is -2.13. The average Bonchev–Trinajstić information content (AvgIpc) is 2.86. The van der Waals surface area contributed by atoms with Crippen molar-refractivity contribution < 1.29 is 4.42 Å². The van der Waals surface area contributed by atoms with Crippen LogP contribution in [0.25, 0.3) is 0 Å². The lowest BCUT2D eigenvalue weighted by molar-refractivity contribution is 0.361. The van der Waals surface area contributed by atoms with E-state index in [1.54, 1.807) is 0 Å². The number of benzene rings is 1. The van der Waals surface area contributed by atoms with Crippen LogP contribution in [0.3, 0.4) is 0 Å². The van der Waals surface area contributed by atoms with Crippen LogP contribution in [0.15, 0.2) is 40.0 Å². The van der Waals surface area contributed by atoms with Gasteiger partial charge in [0.15, 0.2) is 0 Å². The molecule has 0 unspecified atom stereocenters. The standard InChI is InChI=1S/C14H19N3OS/c1-10(2)8-12(15)13-16-17-14(18-13)19-9-11-6-4-3-5-7-11/h3-7,10,12H,8-9,15H2,1-2H3/t12-/m0/s1. The highest BCUT2D eigenvalue weighted by Crippen LogP contribution is 2.24. The highest BCUT2D eigenvalue weighted by molar-refractivity contribution is 7.98. The van der Waals surface area contributed by atoms with Crippen molar-refractivity contribution in [1.82, 2.24) is 10.2 Å². The first kappa shape index (κ1) is 14.1. The zero-order valence-electron chi connectivity index (χ0n) is 11.2. The maximum atomic E-state index is 6.01. The Morgan fingerprint density at radius 1 is 1.21 bits per heavy atom. The van der Waals surface area contributed by atoms with Gasteiger partial charge in [0.1, 0.15) is 0 Å². The normalized spacial score (nSPS) is 12.8. The largest absolute Gasteiger partial charge is 0.414 e. The average molecular weight is 277 g/mol. The Hall–Kier alpha value is -1.33. The molecule has 1 heterocycles. The second kappa shape index (κ2) is 6.73. The molecule has 2 aromatic rings. The van der Waals surface area contributed by atoms with Gasteiger partial charge < -0.3 is 10.2 Å². The molecule has 0 aliphatic rings. The van der Waals surface area contributed by atoms with Crippen LogP contribution in [-0.2, 0) is 5.75 Å². The van der Waals surface area contributed by atoms with E-state index in [4.69, 9.17) is 10.2 Å². The van der Waals surface area contributed by atoms with E-state index in [1.807, 2.05) is 18.2 Å². The van der Waals surface area contributed by atoms with Gasteiger partial charge in [0.05, 0.1) is 6.04 Å². The summed E-state index contributed by atoms with van der Waals surface area (Å²) in [5.41, 5.74) is 7.25. The van der Waals surface area contributed by atoms with Crippen LogP contribution in [0.1, 0.15) is 37.8 Å².